The summed E-state index contributed by atoms with van der Waals surface area (Å²) in [6.45, 7) is 9.28. The summed E-state index contributed by atoms with van der Waals surface area (Å²) in [5.74, 6) is -0.490. The predicted octanol–water partition coefficient (Wildman–Crippen LogP) is 1.62. The summed E-state index contributed by atoms with van der Waals surface area (Å²) in [4.78, 5) is 29.3. The predicted molar refractivity (Wildman–Crippen MR) is 92.8 cm³/mol. The van der Waals surface area contributed by atoms with Gasteiger partial charge in [0.15, 0.2) is 5.65 Å². The van der Waals surface area contributed by atoms with Gasteiger partial charge in [0.25, 0.3) is 5.91 Å². The molecule has 0 aliphatic rings. The van der Waals surface area contributed by atoms with Crippen molar-refractivity contribution in [1.29, 1.82) is 0 Å². The van der Waals surface area contributed by atoms with E-state index in [-0.39, 0.29) is 17.9 Å². The van der Waals surface area contributed by atoms with Crippen LogP contribution in [0, 0.1) is 13.8 Å². The van der Waals surface area contributed by atoms with Crippen molar-refractivity contribution < 1.29 is 9.59 Å². The second-order valence-electron chi connectivity index (χ2n) is 6.23. The Balaban J connectivity index is 2.27. The molecule has 0 aromatic carbocycles. The molecule has 0 aliphatic carbocycles. The van der Waals surface area contributed by atoms with Crippen molar-refractivity contribution in [2.24, 2.45) is 7.05 Å². The number of fused-ring (bicyclic) bond motifs is 1. The summed E-state index contributed by atoms with van der Waals surface area (Å²) in [6, 6.07) is 1.19. The third-order valence-electron chi connectivity index (χ3n) is 4.08. The summed E-state index contributed by atoms with van der Waals surface area (Å²) in [5.41, 5.74) is 2.62. The highest BCUT2D eigenvalue weighted by molar-refractivity contribution is 6.07. The summed E-state index contributed by atoms with van der Waals surface area (Å²) in [6.07, 6.45) is 0.839. The van der Waals surface area contributed by atoms with E-state index in [1.54, 1.807) is 24.7 Å². The highest BCUT2D eigenvalue weighted by Gasteiger charge is 2.22. The summed E-state index contributed by atoms with van der Waals surface area (Å²) in [5, 5.41) is 10.7. The van der Waals surface area contributed by atoms with Gasteiger partial charge >= 0.3 is 0 Å². The molecule has 130 valence electrons. The van der Waals surface area contributed by atoms with E-state index in [1.165, 1.54) is 0 Å². The van der Waals surface area contributed by atoms with E-state index >= 15 is 0 Å². The van der Waals surface area contributed by atoms with E-state index in [1.807, 2.05) is 27.7 Å². The molecule has 0 unspecified atom stereocenters. The number of aryl methyl sites for hydroxylation is 3. The van der Waals surface area contributed by atoms with Gasteiger partial charge < -0.3 is 10.6 Å². The SMILES string of the molecule is CC[C@H](C)NC(=O)[C@@H](C)NC(=O)c1cc(C)nc2c1c(C)nn2C. The Morgan fingerprint density at radius 1 is 1.25 bits per heavy atom. The molecule has 2 rings (SSSR count). The maximum Gasteiger partial charge on any atom is 0.252 e. The third-order valence-corrected chi connectivity index (χ3v) is 4.08. The quantitative estimate of drug-likeness (QED) is 0.871. The Morgan fingerprint density at radius 3 is 2.54 bits per heavy atom. The van der Waals surface area contributed by atoms with Crippen LogP contribution in [0.2, 0.25) is 0 Å². The fourth-order valence-corrected chi connectivity index (χ4v) is 2.56. The molecule has 7 nitrogen and oxygen atoms in total. The van der Waals surface area contributed by atoms with E-state index in [4.69, 9.17) is 0 Å². The van der Waals surface area contributed by atoms with Crippen LogP contribution in [0.4, 0.5) is 0 Å². The van der Waals surface area contributed by atoms with Gasteiger partial charge in [-0.3, -0.25) is 14.3 Å². The van der Waals surface area contributed by atoms with Gasteiger partial charge in [0, 0.05) is 18.8 Å². The number of aromatic nitrogens is 3. The van der Waals surface area contributed by atoms with Crippen LogP contribution in [0.5, 0.6) is 0 Å². The number of nitrogens with zero attached hydrogens (tertiary/aromatic N) is 3. The molecule has 2 aromatic rings. The normalized spacial score (nSPS) is 13.6. The Kier molecular flexibility index (Phi) is 5.21. The number of pyridine rings is 1. The maximum absolute atomic E-state index is 12.7. The minimum atomic E-state index is -0.619. The average molecular weight is 331 g/mol. The number of hydrogen-bond acceptors (Lipinski definition) is 4. The van der Waals surface area contributed by atoms with Crippen molar-refractivity contribution in [2.45, 2.75) is 53.1 Å². The van der Waals surface area contributed by atoms with Gasteiger partial charge in [0.2, 0.25) is 5.91 Å². The van der Waals surface area contributed by atoms with Gasteiger partial charge in [-0.05, 0) is 40.2 Å². The number of rotatable bonds is 5. The number of nitrogens with one attached hydrogen (secondary N) is 2. The molecule has 0 fully saturated rings. The Hall–Kier alpha value is -2.44. The first kappa shape index (κ1) is 17.9. The van der Waals surface area contributed by atoms with Gasteiger partial charge in [-0.1, -0.05) is 6.92 Å². The molecule has 0 saturated heterocycles. The lowest BCUT2D eigenvalue weighted by Crippen LogP contribution is -2.47. The van der Waals surface area contributed by atoms with Crippen molar-refractivity contribution in [1.82, 2.24) is 25.4 Å². The van der Waals surface area contributed by atoms with Crippen LogP contribution in [-0.4, -0.2) is 38.7 Å². The number of hydrogen-bond donors (Lipinski definition) is 2. The van der Waals surface area contributed by atoms with E-state index in [2.05, 4.69) is 20.7 Å². The molecule has 2 amide bonds. The molecule has 0 saturated carbocycles. The van der Waals surface area contributed by atoms with E-state index in [0.717, 1.165) is 23.2 Å². The van der Waals surface area contributed by atoms with Crippen molar-refractivity contribution in [3.8, 4) is 0 Å². The molecule has 2 atom stereocenters. The van der Waals surface area contributed by atoms with Gasteiger partial charge in [-0.25, -0.2) is 4.98 Å². The van der Waals surface area contributed by atoms with Crippen molar-refractivity contribution in [3.63, 3.8) is 0 Å². The fraction of sp³-hybridized carbons (Fsp3) is 0.529. The highest BCUT2D eigenvalue weighted by Crippen LogP contribution is 2.21. The summed E-state index contributed by atoms with van der Waals surface area (Å²) in [7, 11) is 1.80. The largest absolute Gasteiger partial charge is 0.352 e. The molecular formula is C17H25N5O2. The van der Waals surface area contributed by atoms with E-state index < -0.39 is 6.04 Å². The second kappa shape index (κ2) is 6.98. The van der Waals surface area contributed by atoms with Crippen molar-refractivity contribution in [3.05, 3.63) is 23.0 Å². The standard InChI is InChI=1S/C17H25N5O2/c1-7-9(2)19-16(23)12(5)20-17(24)13-8-10(3)18-15-14(13)11(4)21-22(15)6/h8-9,12H,7H2,1-6H3,(H,19,23)(H,20,24)/t9-,12+/m0/s1. The van der Waals surface area contributed by atoms with Gasteiger partial charge in [-0.15, -0.1) is 0 Å². The van der Waals surface area contributed by atoms with Crippen LogP contribution in [0.3, 0.4) is 0 Å². The molecule has 24 heavy (non-hydrogen) atoms. The Labute approximate surface area is 141 Å². The molecule has 0 radical (unpaired) electrons. The number of carbonyl (C=O) groups is 2. The topological polar surface area (TPSA) is 88.9 Å². The van der Waals surface area contributed by atoms with Gasteiger partial charge in [-0.2, -0.15) is 5.10 Å². The zero-order valence-electron chi connectivity index (χ0n) is 15.1. The van der Waals surface area contributed by atoms with Crippen LogP contribution in [0.15, 0.2) is 6.07 Å². The maximum atomic E-state index is 12.7. The first-order valence-electron chi connectivity index (χ1n) is 8.16. The smallest absolute Gasteiger partial charge is 0.252 e. The van der Waals surface area contributed by atoms with Crippen LogP contribution in [0.1, 0.15) is 48.9 Å². The highest BCUT2D eigenvalue weighted by atomic mass is 16.2. The first-order chi connectivity index (χ1) is 11.2. The molecule has 2 aromatic heterocycles. The number of amides is 2. The van der Waals surface area contributed by atoms with Gasteiger partial charge in [0.1, 0.15) is 6.04 Å². The molecule has 2 N–H and O–H groups in total. The lowest BCUT2D eigenvalue weighted by Gasteiger charge is -2.17. The molecule has 0 spiro atoms. The van der Waals surface area contributed by atoms with Crippen LogP contribution in [-0.2, 0) is 11.8 Å². The molecule has 0 bridgehead atoms. The van der Waals surface area contributed by atoms with Crippen LogP contribution in [0.25, 0.3) is 11.0 Å². The van der Waals surface area contributed by atoms with Gasteiger partial charge in [0.05, 0.1) is 16.6 Å². The van der Waals surface area contributed by atoms with E-state index in [0.29, 0.717) is 11.2 Å². The Morgan fingerprint density at radius 2 is 1.92 bits per heavy atom. The molecule has 7 heteroatoms. The number of carbonyl (C=O) groups excluding carboxylic acids is 2. The molecular weight excluding hydrogens is 306 g/mol. The third kappa shape index (κ3) is 3.55. The fourth-order valence-electron chi connectivity index (χ4n) is 2.56. The average Bonchev–Trinajstić information content (AvgIpc) is 2.80. The van der Waals surface area contributed by atoms with Crippen molar-refractivity contribution in [2.75, 3.05) is 0 Å². The second-order valence-corrected chi connectivity index (χ2v) is 6.23. The first-order valence-corrected chi connectivity index (χ1v) is 8.16. The lowest BCUT2D eigenvalue weighted by molar-refractivity contribution is -0.123. The minimum Gasteiger partial charge on any atom is -0.352 e. The zero-order chi connectivity index (χ0) is 18.0. The summed E-state index contributed by atoms with van der Waals surface area (Å²) >= 11 is 0. The van der Waals surface area contributed by atoms with E-state index in [9.17, 15) is 9.59 Å². The zero-order valence-corrected chi connectivity index (χ0v) is 15.1. The Bertz CT molecular complexity index is 781. The summed E-state index contributed by atoms with van der Waals surface area (Å²) < 4.78 is 1.66. The lowest BCUT2D eigenvalue weighted by atomic mass is 10.1. The van der Waals surface area contributed by atoms with Crippen LogP contribution >= 0.6 is 0 Å². The van der Waals surface area contributed by atoms with Crippen molar-refractivity contribution >= 4 is 22.8 Å². The molecule has 2 heterocycles. The minimum absolute atomic E-state index is 0.0762. The van der Waals surface area contributed by atoms with Crippen LogP contribution < -0.4 is 10.6 Å². The monoisotopic (exact) mass is 331 g/mol. The molecule has 0 aliphatic heterocycles.